The van der Waals surface area contributed by atoms with Gasteiger partial charge in [-0.05, 0) is 36.8 Å². The van der Waals surface area contributed by atoms with Crippen LogP contribution in [0.15, 0.2) is 36.4 Å². The lowest BCUT2D eigenvalue weighted by Crippen LogP contribution is -2.04. The Bertz CT molecular complexity index is 621. The van der Waals surface area contributed by atoms with E-state index in [0.717, 1.165) is 5.56 Å². The topological polar surface area (TPSA) is 75.3 Å². The van der Waals surface area contributed by atoms with Crippen LogP contribution in [0.1, 0.15) is 15.9 Å². The molecule has 2 aromatic carbocycles. The van der Waals surface area contributed by atoms with Gasteiger partial charge in [-0.1, -0.05) is 12.1 Å². The fraction of sp³-hybridized carbons (Fsp3) is 0.0714. The Balaban J connectivity index is 2.39. The number of para-hydroxylation sites is 1. The number of carbonyl (C=O) groups is 1. The highest BCUT2D eigenvalue weighted by Crippen LogP contribution is 2.25. The smallest absolute Gasteiger partial charge is 0.337 e. The maximum Gasteiger partial charge on any atom is 0.337 e. The zero-order valence-corrected chi connectivity index (χ0v) is 10.3. The average Bonchev–Trinajstić information content (AvgIpc) is 2.35. The van der Waals surface area contributed by atoms with E-state index in [4.69, 9.17) is 10.8 Å². The first kappa shape index (κ1) is 12.9. The van der Waals surface area contributed by atoms with Gasteiger partial charge >= 0.3 is 5.97 Å². The molecule has 0 amide bonds. The van der Waals surface area contributed by atoms with Crippen molar-refractivity contribution in [3.05, 3.63) is 53.3 Å². The van der Waals surface area contributed by atoms with Crippen molar-refractivity contribution in [2.75, 3.05) is 11.1 Å². The van der Waals surface area contributed by atoms with Gasteiger partial charge in [-0.2, -0.15) is 0 Å². The molecule has 2 rings (SSSR count). The maximum absolute atomic E-state index is 13.7. The highest BCUT2D eigenvalue weighted by Gasteiger charge is 2.10. The predicted molar refractivity (Wildman–Crippen MR) is 72.2 cm³/mol. The van der Waals surface area contributed by atoms with E-state index < -0.39 is 11.8 Å². The number of hydrogen-bond acceptors (Lipinski definition) is 3. The SMILES string of the molecule is Cc1cccc(F)c1Nc1ccc(N)c(C(=O)O)c1. The lowest BCUT2D eigenvalue weighted by atomic mass is 10.1. The number of anilines is 3. The van der Waals surface area contributed by atoms with E-state index in [1.807, 2.05) is 0 Å². The second-order valence-corrected chi connectivity index (χ2v) is 4.16. The molecular formula is C14H13FN2O2. The van der Waals surface area contributed by atoms with Crippen molar-refractivity contribution in [1.29, 1.82) is 0 Å². The van der Waals surface area contributed by atoms with Gasteiger partial charge in [0.15, 0.2) is 0 Å². The molecule has 0 saturated carbocycles. The molecule has 0 saturated heterocycles. The van der Waals surface area contributed by atoms with Crippen molar-refractivity contribution in [3.8, 4) is 0 Å². The summed E-state index contributed by atoms with van der Waals surface area (Å²) in [5.41, 5.74) is 7.24. The molecule has 0 aliphatic rings. The Morgan fingerprint density at radius 1 is 1.32 bits per heavy atom. The second-order valence-electron chi connectivity index (χ2n) is 4.16. The molecular weight excluding hydrogens is 247 g/mol. The van der Waals surface area contributed by atoms with E-state index in [1.165, 1.54) is 18.2 Å². The molecule has 0 radical (unpaired) electrons. The number of aromatic carboxylic acids is 1. The van der Waals surface area contributed by atoms with Crippen LogP contribution in [0, 0.1) is 12.7 Å². The number of benzene rings is 2. The molecule has 0 unspecified atom stereocenters. The monoisotopic (exact) mass is 260 g/mol. The number of carboxylic acids is 1. The van der Waals surface area contributed by atoms with Gasteiger partial charge in [-0.15, -0.1) is 0 Å². The summed E-state index contributed by atoms with van der Waals surface area (Å²) in [4.78, 5) is 11.0. The maximum atomic E-state index is 13.7. The van der Waals surface area contributed by atoms with Crippen molar-refractivity contribution >= 4 is 23.0 Å². The third-order valence-electron chi connectivity index (χ3n) is 2.77. The Morgan fingerprint density at radius 3 is 2.68 bits per heavy atom. The number of rotatable bonds is 3. The van der Waals surface area contributed by atoms with Gasteiger partial charge < -0.3 is 16.2 Å². The van der Waals surface area contributed by atoms with Crippen LogP contribution in [-0.4, -0.2) is 11.1 Å². The van der Waals surface area contributed by atoms with Crippen LogP contribution in [-0.2, 0) is 0 Å². The summed E-state index contributed by atoms with van der Waals surface area (Å²) in [6.07, 6.45) is 0. The molecule has 0 heterocycles. The fourth-order valence-electron chi connectivity index (χ4n) is 1.75. The molecule has 0 aliphatic heterocycles. The Kier molecular flexibility index (Phi) is 3.37. The van der Waals surface area contributed by atoms with Crippen LogP contribution in [0.4, 0.5) is 21.5 Å². The Labute approximate surface area is 109 Å². The minimum atomic E-state index is -1.12. The van der Waals surface area contributed by atoms with Crippen LogP contribution >= 0.6 is 0 Å². The number of aryl methyl sites for hydroxylation is 1. The summed E-state index contributed by atoms with van der Waals surface area (Å²) in [7, 11) is 0. The molecule has 4 nitrogen and oxygen atoms in total. The molecule has 0 bridgehead atoms. The minimum Gasteiger partial charge on any atom is -0.478 e. The predicted octanol–water partition coefficient (Wildman–Crippen LogP) is 3.16. The van der Waals surface area contributed by atoms with E-state index >= 15 is 0 Å². The van der Waals surface area contributed by atoms with Gasteiger partial charge in [0.2, 0.25) is 0 Å². The standard InChI is InChI=1S/C14H13FN2O2/c1-8-3-2-4-11(15)13(8)17-9-5-6-12(16)10(7-9)14(18)19/h2-7,17H,16H2,1H3,(H,18,19). The second kappa shape index (κ2) is 4.97. The van der Waals surface area contributed by atoms with Crippen LogP contribution < -0.4 is 11.1 Å². The molecule has 2 aromatic rings. The Hall–Kier alpha value is -2.56. The van der Waals surface area contributed by atoms with Crippen molar-refractivity contribution in [3.63, 3.8) is 0 Å². The fourth-order valence-corrected chi connectivity index (χ4v) is 1.75. The summed E-state index contributed by atoms with van der Waals surface area (Å²) in [6.45, 7) is 1.76. The largest absolute Gasteiger partial charge is 0.478 e. The van der Waals surface area contributed by atoms with E-state index in [1.54, 1.807) is 25.1 Å². The molecule has 0 aliphatic carbocycles. The van der Waals surface area contributed by atoms with Gasteiger partial charge in [0, 0.05) is 11.4 Å². The van der Waals surface area contributed by atoms with Crippen molar-refractivity contribution in [1.82, 2.24) is 0 Å². The van der Waals surface area contributed by atoms with Crippen molar-refractivity contribution in [2.45, 2.75) is 6.92 Å². The zero-order chi connectivity index (χ0) is 14.0. The lowest BCUT2D eigenvalue weighted by molar-refractivity contribution is 0.0698. The summed E-state index contributed by atoms with van der Waals surface area (Å²) >= 11 is 0. The molecule has 0 spiro atoms. The highest BCUT2D eigenvalue weighted by atomic mass is 19.1. The summed E-state index contributed by atoms with van der Waals surface area (Å²) in [5, 5.41) is 11.9. The van der Waals surface area contributed by atoms with E-state index in [2.05, 4.69) is 5.32 Å². The van der Waals surface area contributed by atoms with E-state index in [0.29, 0.717) is 11.4 Å². The molecule has 98 valence electrons. The average molecular weight is 260 g/mol. The minimum absolute atomic E-state index is 0.0148. The Morgan fingerprint density at radius 2 is 2.05 bits per heavy atom. The number of nitrogen functional groups attached to an aromatic ring is 1. The van der Waals surface area contributed by atoms with Gasteiger partial charge in [0.25, 0.3) is 0 Å². The summed E-state index contributed by atoms with van der Waals surface area (Å²) in [5.74, 6) is -1.51. The normalized spacial score (nSPS) is 10.2. The van der Waals surface area contributed by atoms with Crippen LogP contribution in [0.25, 0.3) is 0 Å². The van der Waals surface area contributed by atoms with Crippen molar-refractivity contribution in [2.24, 2.45) is 0 Å². The van der Waals surface area contributed by atoms with Crippen LogP contribution in [0.5, 0.6) is 0 Å². The van der Waals surface area contributed by atoms with E-state index in [9.17, 15) is 9.18 Å². The van der Waals surface area contributed by atoms with Gasteiger partial charge in [-0.3, -0.25) is 0 Å². The van der Waals surface area contributed by atoms with Crippen LogP contribution in [0.3, 0.4) is 0 Å². The third kappa shape index (κ3) is 2.65. The van der Waals surface area contributed by atoms with Crippen molar-refractivity contribution < 1.29 is 14.3 Å². The molecule has 0 aromatic heterocycles. The molecule has 0 atom stereocenters. The summed E-state index contributed by atoms with van der Waals surface area (Å²) in [6, 6.07) is 9.17. The number of hydrogen-bond donors (Lipinski definition) is 3. The lowest BCUT2D eigenvalue weighted by Gasteiger charge is -2.11. The summed E-state index contributed by atoms with van der Waals surface area (Å²) < 4.78 is 13.7. The quantitative estimate of drug-likeness (QED) is 0.741. The number of nitrogens with one attached hydrogen (secondary N) is 1. The third-order valence-corrected chi connectivity index (χ3v) is 2.77. The van der Waals surface area contributed by atoms with Gasteiger partial charge in [-0.25, -0.2) is 9.18 Å². The van der Waals surface area contributed by atoms with E-state index in [-0.39, 0.29) is 11.3 Å². The first-order valence-electron chi connectivity index (χ1n) is 5.64. The number of nitrogens with two attached hydrogens (primary N) is 1. The first-order chi connectivity index (χ1) is 8.99. The first-order valence-corrected chi connectivity index (χ1v) is 5.64. The number of carboxylic acid groups (broad SMARTS) is 1. The zero-order valence-electron chi connectivity index (χ0n) is 10.3. The molecule has 4 N–H and O–H groups in total. The van der Waals surface area contributed by atoms with Gasteiger partial charge in [0.05, 0.1) is 11.3 Å². The van der Waals surface area contributed by atoms with Gasteiger partial charge in [0.1, 0.15) is 5.82 Å². The molecule has 5 heteroatoms. The molecule has 0 fully saturated rings. The van der Waals surface area contributed by atoms with Crippen LogP contribution in [0.2, 0.25) is 0 Å². The molecule has 19 heavy (non-hydrogen) atoms. The highest BCUT2D eigenvalue weighted by molar-refractivity contribution is 5.95. The number of halogens is 1.